The minimum absolute atomic E-state index is 0.0722. The summed E-state index contributed by atoms with van der Waals surface area (Å²) in [4.78, 5) is 38.0. The van der Waals surface area contributed by atoms with Crippen LogP contribution >= 0.6 is 11.3 Å². The molecule has 2 aromatic rings. The number of hydrogen-bond donors (Lipinski definition) is 1. The first-order valence-electron chi connectivity index (χ1n) is 9.31. The number of amides is 1. The van der Waals surface area contributed by atoms with Gasteiger partial charge < -0.3 is 29.0 Å². The van der Waals surface area contributed by atoms with E-state index in [0.29, 0.717) is 22.1 Å². The van der Waals surface area contributed by atoms with Crippen LogP contribution in [0, 0.1) is 13.8 Å². The molecule has 2 rings (SSSR count). The standard InChI is InChI=1S/C21H25NO8S/c1-7-29-21(25)18-11(2)12(3)31-19(18)22-17(23)10-30-20(24)13-8-15(27-5)16(28-6)9-14(13)26-4/h8-9H,7,10H2,1-6H3,(H,22,23). The van der Waals surface area contributed by atoms with E-state index in [-0.39, 0.29) is 17.9 Å². The van der Waals surface area contributed by atoms with Gasteiger partial charge in [-0.2, -0.15) is 0 Å². The van der Waals surface area contributed by atoms with Gasteiger partial charge in [-0.1, -0.05) is 0 Å². The van der Waals surface area contributed by atoms with Crippen molar-refractivity contribution in [1.29, 1.82) is 0 Å². The van der Waals surface area contributed by atoms with Crippen LogP contribution in [0.4, 0.5) is 5.00 Å². The molecule has 0 fully saturated rings. The summed E-state index contributed by atoms with van der Waals surface area (Å²) in [6.45, 7) is 4.96. The Balaban J connectivity index is 2.13. The van der Waals surface area contributed by atoms with E-state index in [1.54, 1.807) is 13.8 Å². The number of anilines is 1. The van der Waals surface area contributed by atoms with Gasteiger partial charge in [0.15, 0.2) is 18.1 Å². The SMILES string of the molecule is CCOC(=O)c1c(NC(=O)COC(=O)c2cc(OC)c(OC)cc2OC)sc(C)c1C. The summed E-state index contributed by atoms with van der Waals surface area (Å²) >= 11 is 1.25. The Labute approximate surface area is 184 Å². The zero-order valence-electron chi connectivity index (χ0n) is 18.2. The monoisotopic (exact) mass is 451 g/mol. The summed E-state index contributed by atoms with van der Waals surface area (Å²) in [6, 6.07) is 2.89. The predicted octanol–water partition coefficient (Wildman–Crippen LogP) is 3.36. The zero-order valence-corrected chi connectivity index (χ0v) is 19.1. The largest absolute Gasteiger partial charge is 0.496 e. The Morgan fingerprint density at radius 1 is 0.903 bits per heavy atom. The molecule has 168 valence electrons. The molecule has 0 saturated carbocycles. The highest BCUT2D eigenvalue weighted by Crippen LogP contribution is 2.35. The van der Waals surface area contributed by atoms with Gasteiger partial charge in [0.05, 0.1) is 33.5 Å². The van der Waals surface area contributed by atoms with Gasteiger partial charge in [0.25, 0.3) is 5.91 Å². The molecule has 0 aliphatic rings. The minimum Gasteiger partial charge on any atom is -0.496 e. The maximum absolute atomic E-state index is 12.5. The van der Waals surface area contributed by atoms with Crippen molar-refractivity contribution in [2.45, 2.75) is 20.8 Å². The third-order valence-electron chi connectivity index (χ3n) is 4.38. The molecule has 9 nitrogen and oxygen atoms in total. The van der Waals surface area contributed by atoms with Gasteiger partial charge in [0.1, 0.15) is 16.3 Å². The number of nitrogens with one attached hydrogen (secondary N) is 1. The number of thiophene rings is 1. The smallest absolute Gasteiger partial charge is 0.342 e. The highest BCUT2D eigenvalue weighted by Gasteiger charge is 2.23. The van der Waals surface area contributed by atoms with Crippen LogP contribution in [0.5, 0.6) is 17.2 Å². The average molecular weight is 451 g/mol. The highest BCUT2D eigenvalue weighted by atomic mass is 32.1. The molecule has 1 amide bonds. The maximum atomic E-state index is 12.5. The van der Waals surface area contributed by atoms with Crippen molar-refractivity contribution in [1.82, 2.24) is 0 Å². The summed E-state index contributed by atoms with van der Waals surface area (Å²) in [7, 11) is 4.28. The Bertz CT molecular complexity index is 982. The van der Waals surface area contributed by atoms with E-state index in [4.69, 9.17) is 23.7 Å². The summed E-state index contributed by atoms with van der Waals surface area (Å²) in [6.07, 6.45) is 0. The number of carbonyl (C=O) groups excluding carboxylic acids is 3. The van der Waals surface area contributed by atoms with Crippen molar-refractivity contribution in [2.75, 3.05) is 39.9 Å². The number of methoxy groups -OCH3 is 3. The third-order valence-corrected chi connectivity index (χ3v) is 5.50. The van der Waals surface area contributed by atoms with Crippen molar-refractivity contribution in [3.63, 3.8) is 0 Å². The van der Waals surface area contributed by atoms with Crippen molar-refractivity contribution in [3.05, 3.63) is 33.7 Å². The van der Waals surface area contributed by atoms with E-state index in [0.717, 1.165) is 10.4 Å². The molecular formula is C21H25NO8S. The van der Waals surface area contributed by atoms with Crippen LogP contribution in [0.3, 0.4) is 0 Å². The molecule has 31 heavy (non-hydrogen) atoms. The van der Waals surface area contributed by atoms with Gasteiger partial charge in [-0.15, -0.1) is 11.3 Å². The van der Waals surface area contributed by atoms with Gasteiger partial charge in [0.2, 0.25) is 0 Å². The second kappa shape index (κ2) is 10.7. The number of esters is 2. The van der Waals surface area contributed by atoms with Crippen molar-refractivity contribution >= 4 is 34.2 Å². The van der Waals surface area contributed by atoms with Crippen LogP contribution in [-0.4, -0.2) is 52.4 Å². The predicted molar refractivity (Wildman–Crippen MR) is 115 cm³/mol. The summed E-state index contributed by atoms with van der Waals surface area (Å²) in [5.41, 5.74) is 1.10. The molecule has 0 unspecified atom stereocenters. The van der Waals surface area contributed by atoms with Gasteiger partial charge in [-0.3, -0.25) is 4.79 Å². The number of benzene rings is 1. The first-order chi connectivity index (χ1) is 14.8. The van der Waals surface area contributed by atoms with Crippen molar-refractivity contribution in [3.8, 4) is 17.2 Å². The Kier molecular flexibility index (Phi) is 8.26. The molecule has 0 atom stereocenters. The van der Waals surface area contributed by atoms with E-state index in [9.17, 15) is 14.4 Å². The highest BCUT2D eigenvalue weighted by molar-refractivity contribution is 7.16. The molecule has 10 heteroatoms. The van der Waals surface area contributed by atoms with Crippen LogP contribution in [0.1, 0.15) is 38.1 Å². The number of carbonyl (C=O) groups is 3. The van der Waals surface area contributed by atoms with Crippen LogP contribution in [0.15, 0.2) is 12.1 Å². The van der Waals surface area contributed by atoms with Gasteiger partial charge >= 0.3 is 11.9 Å². The number of ether oxygens (including phenoxy) is 5. The van der Waals surface area contributed by atoms with Crippen LogP contribution in [0.2, 0.25) is 0 Å². The summed E-state index contributed by atoms with van der Waals surface area (Å²) in [5.74, 6) is -1.01. The number of hydrogen-bond acceptors (Lipinski definition) is 9. The van der Waals surface area contributed by atoms with E-state index >= 15 is 0 Å². The molecule has 0 radical (unpaired) electrons. The molecule has 0 aliphatic heterocycles. The molecule has 0 aliphatic carbocycles. The summed E-state index contributed by atoms with van der Waals surface area (Å²) in [5, 5.41) is 2.96. The van der Waals surface area contributed by atoms with Gasteiger partial charge in [0, 0.05) is 17.0 Å². The lowest BCUT2D eigenvalue weighted by Crippen LogP contribution is -2.22. The Hall–Kier alpha value is -3.27. The topological polar surface area (TPSA) is 109 Å². The zero-order chi connectivity index (χ0) is 23.1. The van der Waals surface area contributed by atoms with E-state index in [1.165, 1.54) is 44.8 Å². The maximum Gasteiger partial charge on any atom is 0.342 e. The number of aryl methyl sites for hydroxylation is 1. The molecule has 0 saturated heterocycles. The molecular weight excluding hydrogens is 426 g/mol. The first-order valence-corrected chi connectivity index (χ1v) is 10.1. The fourth-order valence-corrected chi connectivity index (χ4v) is 3.79. The molecule has 0 spiro atoms. The quantitative estimate of drug-likeness (QED) is 0.578. The lowest BCUT2D eigenvalue weighted by molar-refractivity contribution is -0.119. The minimum atomic E-state index is -0.780. The second-order valence-electron chi connectivity index (χ2n) is 6.24. The average Bonchev–Trinajstić information content (AvgIpc) is 3.03. The molecule has 1 aromatic carbocycles. The molecule has 1 aromatic heterocycles. The first kappa shape index (κ1) is 24.0. The number of rotatable bonds is 9. The fraction of sp³-hybridized carbons (Fsp3) is 0.381. The van der Waals surface area contributed by atoms with Crippen molar-refractivity contribution in [2.24, 2.45) is 0 Å². The Morgan fingerprint density at radius 3 is 2.10 bits per heavy atom. The fourth-order valence-electron chi connectivity index (χ4n) is 2.72. The van der Waals surface area contributed by atoms with Gasteiger partial charge in [-0.05, 0) is 26.3 Å². The third kappa shape index (κ3) is 5.46. The summed E-state index contributed by atoms with van der Waals surface area (Å²) < 4.78 is 25.8. The molecule has 0 bridgehead atoms. The van der Waals surface area contributed by atoms with Crippen LogP contribution in [-0.2, 0) is 14.3 Å². The lowest BCUT2D eigenvalue weighted by Gasteiger charge is -2.13. The molecule has 1 heterocycles. The van der Waals surface area contributed by atoms with E-state index < -0.39 is 24.5 Å². The lowest BCUT2D eigenvalue weighted by atomic mass is 10.1. The molecule has 1 N–H and O–H groups in total. The Morgan fingerprint density at radius 2 is 1.52 bits per heavy atom. The van der Waals surface area contributed by atoms with Gasteiger partial charge in [-0.25, -0.2) is 9.59 Å². The van der Waals surface area contributed by atoms with Crippen LogP contribution in [0.25, 0.3) is 0 Å². The van der Waals surface area contributed by atoms with Crippen molar-refractivity contribution < 1.29 is 38.1 Å². The van der Waals surface area contributed by atoms with E-state index in [2.05, 4.69) is 5.32 Å². The second-order valence-corrected chi connectivity index (χ2v) is 7.46. The van der Waals surface area contributed by atoms with E-state index in [1.807, 2.05) is 6.92 Å². The normalized spacial score (nSPS) is 10.3. The van der Waals surface area contributed by atoms with Crippen LogP contribution < -0.4 is 19.5 Å².